The van der Waals surface area contributed by atoms with E-state index in [9.17, 15) is 4.79 Å². The lowest BCUT2D eigenvalue weighted by molar-refractivity contribution is -0.133. The fourth-order valence-corrected chi connectivity index (χ4v) is 4.02. The summed E-state index contributed by atoms with van der Waals surface area (Å²) in [7, 11) is 0. The number of nitrogens with zero attached hydrogens (tertiary/aromatic N) is 2. The summed E-state index contributed by atoms with van der Waals surface area (Å²) < 4.78 is 0. The van der Waals surface area contributed by atoms with E-state index in [0.717, 1.165) is 43.6 Å². The van der Waals surface area contributed by atoms with Crippen LogP contribution in [0.15, 0.2) is 66.9 Å². The zero-order valence-electron chi connectivity index (χ0n) is 16.6. The highest BCUT2D eigenvalue weighted by molar-refractivity contribution is 5.86. The minimum Gasteiger partial charge on any atom is -0.333 e. The van der Waals surface area contributed by atoms with E-state index in [-0.39, 0.29) is 24.4 Å². The second kappa shape index (κ2) is 10.4. The van der Waals surface area contributed by atoms with Crippen LogP contribution in [0.2, 0.25) is 0 Å². The van der Waals surface area contributed by atoms with Gasteiger partial charge in [0.15, 0.2) is 0 Å². The molecule has 2 aromatic carbocycles. The van der Waals surface area contributed by atoms with Gasteiger partial charge in [-0.3, -0.25) is 9.78 Å². The fourth-order valence-electron chi connectivity index (χ4n) is 4.02. The number of fused-ring (bicyclic) bond motifs is 1. The van der Waals surface area contributed by atoms with Gasteiger partial charge in [-0.15, -0.1) is 12.4 Å². The number of amides is 1. The maximum Gasteiger partial charge on any atom is 0.227 e. The van der Waals surface area contributed by atoms with E-state index < -0.39 is 0 Å². The number of pyridine rings is 1. The quantitative estimate of drug-likeness (QED) is 0.680. The normalized spacial score (nSPS) is 16.6. The minimum atomic E-state index is 0. The summed E-state index contributed by atoms with van der Waals surface area (Å²) >= 11 is 0. The van der Waals surface area contributed by atoms with Crippen molar-refractivity contribution in [3.8, 4) is 0 Å². The Hall–Kier alpha value is -2.43. The first-order valence-electron chi connectivity index (χ1n) is 10.2. The van der Waals surface area contributed by atoms with Crippen molar-refractivity contribution in [1.82, 2.24) is 15.2 Å². The Morgan fingerprint density at radius 1 is 1.00 bits per heavy atom. The molecule has 1 fully saturated rings. The van der Waals surface area contributed by atoms with Crippen LogP contribution in [0.25, 0.3) is 10.8 Å². The van der Waals surface area contributed by atoms with Gasteiger partial charge in [0.2, 0.25) is 5.91 Å². The second-order valence-electron chi connectivity index (χ2n) is 7.54. The average Bonchev–Trinajstić information content (AvgIpc) is 3.02. The van der Waals surface area contributed by atoms with Crippen molar-refractivity contribution in [2.45, 2.75) is 38.3 Å². The molecule has 0 aliphatic carbocycles. The lowest BCUT2D eigenvalue weighted by atomic mass is 10.0. The zero-order chi connectivity index (χ0) is 19.2. The van der Waals surface area contributed by atoms with Crippen LogP contribution in [0.5, 0.6) is 0 Å². The molecule has 4 nitrogen and oxygen atoms in total. The van der Waals surface area contributed by atoms with E-state index in [2.05, 4.69) is 45.5 Å². The first-order valence-corrected chi connectivity index (χ1v) is 10.2. The standard InChI is InChI=1S/C24H27N3O.ClH/c28-24(17-19-10-11-20-6-1-2-7-21(20)16-19)27(18-22-8-3-4-14-26-22)23-9-5-13-25-15-12-23;/h1-4,6-8,10-11,14,16,23,25H,5,9,12-13,15,17-18H2;1H. The fraction of sp³-hybridized carbons (Fsp3) is 0.333. The molecule has 1 N–H and O–H groups in total. The van der Waals surface area contributed by atoms with Crippen molar-refractivity contribution in [1.29, 1.82) is 0 Å². The molecule has 0 bridgehead atoms. The number of halogens is 1. The Bertz CT molecular complexity index is 924. The van der Waals surface area contributed by atoms with Crippen LogP contribution in [0.3, 0.4) is 0 Å². The van der Waals surface area contributed by atoms with Crippen LogP contribution in [-0.2, 0) is 17.8 Å². The Morgan fingerprint density at radius 2 is 1.83 bits per heavy atom. The number of rotatable bonds is 5. The summed E-state index contributed by atoms with van der Waals surface area (Å²) in [4.78, 5) is 19.9. The summed E-state index contributed by atoms with van der Waals surface area (Å²) in [6.45, 7) is 2.58. The van der Waals surface area contributed by atoms with Crippen LogP contribution < -0.4 is 5.32 Å². The molecular weight excluding hydrogens is 382 g/mol. The number of hydrogen-bond donors (Lipinski definition) is 1. The van der Waals surface area contributed by atoms with Gasteiger partial charge in [0.05, 0.1) is 18.7 Å². The highest BCUT2D eigenvalue weighted by Crippen LogP contribution is 2.20. The van der Waals surface area contributed by atoms with Gasteiger partial charge in [0, 0.05) is 12.2 Å². The lowest BCUT2D eigenvalue weighted by Gasteiger charge is -2.31. The first kappa shape index (κ1) is 21.3. The largest absolute Gasteiger partial charge is 0.333 e. The molecule has 5 heteroatoms. The van der Waals surface area contributed by atoms with E-state index in [1.807, 2.05) is 30.3 Å². The van der Waals surface area contributed by atoms with E-state index in [4.69, 9.17) is 0 Å². The van der Waals surface area contributed by atoms with Crippen LogP contribution in [-0.4, -0.2) is 34.9 Å². The molecule has 1 aliphatic rings. The molecule has 1 saturated heterocycles. The van der Waals surface area contributed by atoms with Crippen molar-refractivity contribution in [2.75, 3.05) is 13.1 Å². The molecule has 0 saturated carbocycles. The number of carbonyl (C=O) groups is 1. The lowest BCUT2D eigenvalue weighted by Crippen LogP contribution is -2.41. The SMILES string of the molecule is Cl.O=C(Cc1ccc2ccccc2c1)N(Cc1ccccn1)C1CCCNCC1. The molecule has 4 rings (SSSR count). The van der Waals surface area contributed by atoms with E-state index >= 15 is 0 Å². The van der Waals surface area contributed by atoms with Crippen molar-refractivity contribution >= 4 is 29.1 Å². The maximum atomic E-state index is 13.3. The van der Waals surface area contributed by atoms with Gasteiger partial charge in [0.1, 0.15) is 0 Å². The topological polar surface area (TPSA) is 45.2 Å². The average molecular weight is 410 g/mol. The molecule has 1 aliphatic heterocycles. The second-order valence-corrected chi connectivity index (χ2v) is 7.54. The van der Waals surface area contributed by atoms with Crippen LogP contribution in [0.4, 0.5) is 0 Å². The maximum absolute atomic E-state index is 13.3. The predicted octanol–water partition coefficient (Wildman–Crippen LogP) is 4.37. The summed E-state index contributed by atoms with van der Waals surface area (Å²) in [5, 5.41) is 5.84. The molecule has 29 heavy (non-hydrogen) atoms. The van der Waals surface area contributed by atoms with E-state index in [1.54, 1.807) is 6.20 Å². The number of nitrogens with one attached hydrogen (secondary N) is 1. The molecule has 3 aromatic rings. The third-order valence-electron chi connectivity index (χ3n) is 5.53. The number of hydrogen-bond acceptors (Lipinski definition) is 3. The highest BCUT2D eigenvalue weighted by Gasteiger charge is 2.25. The molecule has 2 heterocycles. The van der Waals surface area contributed by atoms with Crippen molar-refractivity contribution in [3.05, 3.63) is 78.1 Å². The molecule has 1 amide bonds. The van der Waals surface area contributed by atoms with Gasteiger partial charge >= 0.3 is 0 Å². The molecule has 152 valence electrons. The summed E-state index contributed by atoms with van der Waals surface area (Å²) in [6.07, 6.45) is 5.38. The Balaban J connectivity index is 0.00000240. The number of benzene rings is 2. The smallest absolute Gasteiger partial charge is 0.227 e. The van der Waals surface area contributed by atoms with E-state index in [1.165, 1.54) is 10.8 Å². The van der Waals surface area contributed by atoms with Gasteiger partial charge < -0.3 is 10.2 Å². The van der Waals surface area contributed by atoms with E-state index in [0.29, 0.717) is 13.0 Å². The van der Waals surface area contributed by atoms with Gasteiger partial charge in [-0.2, -0.15) is 0 Å². The molecule has 1 aromatic heterocycles. The summed E-state index contributed by atoms with van der Waals surface area (Å²) in [5.74, 6) is 0.188. The van der Waals surface area contributed by atoms with Gasteiger partial charge in [0.25, 0.3) is 0 Å². The Labute approximate surface area is 178 Å². The molecule has 1 unspecified atom stereocenters. The zero-order valence-corrected chi connectivity index (χ0v) is 17.4. The Morgan fingerprint density at radius 3 is 2.66 bits per heavy atom. The van der Waals surface area contributed by atoms with Crippen LogP contribution in [0.1, 0.15) is 30.5 Å². The van der Waals surface area contributed by atoms with Crippen molar-refractivity contribution in [2.24, 2.45) is 0 Å². The molecule has 1 atom stereocenters. The molecule has 0 spiro atoms. The van der Waals surface area contributed by atoms with Crippen molar-refractivity contribution in [3.63, 3.8) is 0 Å². The monoisotopic (exact) mass is 409 g/mol. The Kier molecular flexibility index (Phi) is 7.62. The molecule has 0 radical (unpaired) electrons. The van der Waals surface area contributed by atoms with Gasteiger partial charge in [-0.05, 0) is 60.8 Å². The van der Waals surface area contributed by atoms with Crippen LogP contribution >= 0.6 is 12.4 Å². The van der Waals surface area contributed by atoms with Gasteiger partial charge in [-0.25, -0.2) is 0 Å². The number of aromatic nitrogens is 1. The highest BCUT2D eigenvalue weighted by atomic mass is 35.5. The molecular formula is C24H28ClN3O. The third-order valence-corrected chi connectivity index (χ3v) is 5.53. The number of carbonyl (C=O) groups excluding carboxylic acids is 1. The van der Waals surface area contributed by atoms with Gasteiger partial charge in [-0.1, -0.05) is 48.5 Å². The predicted molar refractivity (Wildman–Crippen MR) is 120 cm³/mol. The summed E-state index contributed by atoms with van der Waals surface area (Å²) in [6, 6.07) is 20.8. The third kappa shape index (κ3) is 5.55. The minimum absolute atomic E-state index is 0. The first-order chi connectivity index (χ1) is 13.8. The summed E-state index contributed by atoms with van der Waals surface area (Å²) in [5.41, 5.74) is 2.02. The van der Waals surface area contributed by atoms with Crippen LogP contribution in [0, 0.1) is 0 Å². The van der Waals surface area contributed by atoms with Crippen molar-refractivity contribution < 1.29 is 4.79 Å².